The van der Waals surface area contributed by atoms with Crippen molar-refractivity contribution in [2.45, 2.75) is 6.42 Å². The molecule has 0 aliphatic rings. The maximum Gasteiger partial charge on any atom is 0.244 e. The Bertz CT molecular complexity index is 770. The van der Waals surface area contributed by atoms with Crippen LogP contribution in [0.25, 0.3) is 6.08 Å². The lowest BCUT2D eigenvalue weighted by Gasteiger charge is -2.07. The number of hydrogen-bond acceptors (Lipinski definition) is 5. The standard InChI is InChI=1S/C19H21NO5/c1-24-17-11-13(3-6-15(17)21)5-8-19(23)20-10-9-14-4-7-16(22)18(12-14)25-2/h3-8,11-12,21-22H,9-10H2,1-2H3,(H,20,23)/b8-5-. The maximum atomic E-state index is 11.9. The highest BCUT2D eigenvalue weighted by Gasteiger charge is 2.04. The Morgan fingerprint density at radius 3 is 2.36 bits per heavy atom. The zero-order chi connectivity index (χ0) is 18.2. The zero-order valence-electron chi connectivity index (χ0n) is 14.2. The number of phenols is 2. The molecule has 1 amide bonds. The van der Waals surface area contributed by atoms with Gasteiger partial charge in [-0.25, -0.2) is 0 Å². The van der Waals surface area contributed by atoms with Crippen LogP contribution in [0.1, 0.15) is 11.1 Å². The summed E-state index contributed by atoms with van der Waals surface area (Å²) in [4.78, 5) is 11.9. The monoisotopic (exact) mass is 343 g/mol. The van der Waals surface area contributed by atoms with Crippen molar-refractivity contribution in [1.29, 1.82) is 0 Å². The lowest BCUT2D eigenvalue weighted by molar-refractivity contribution is -0.116. The molecule has 0 aromatic heterocycles. The van der Waals surface area contributed by atoms with E-state index in [9.17, 15) is 15.0 Å². The summed E-state index contributed by atoms with van der Waals surface area (Å²) in [5, 5.41) is 21.9. The predicted molar refractivity (Wildman–Crippen MR) is 95.1 cm³/mol. The zero-order valence-corrected chi connectivity index (χ0v) is 14.2. The van der Waals surface area contributed by atoms with Crippen molar-refractivity contribution >= 4 is 12.0 Å². The van der Waals surface area contributed by atoms with Gasteiger partial charge in [-0.05, 0) is 47.9 Å². The first kappa shape index (κ1) is 18.2. The van der Waals surface area contributed by atoms with Crippen LogP contribution in [0, 0.1) is 0 Å². The second kappa shape index (κ2) is 8.63. The van der Waals surface area contributed by atoms with E-state index in [1.165, 1.54) is 26.4 Å². The second-order valence-corrected chi connectivity index (χ2v) is 5.31. The summed E-state index contributed by atoms with van der Waals surface area (Å²) in [5.41, 5.74) is 1.69. The van der Waals surface area contributed by atoms with Crippen LogP contribution in [0.3, 0.4) is 0 Å². The molecule has 0 fully saturated rings. The fourth-order valence-corrected chi connectivity index (χ4v) is 2.24. The number of amides is 1. The van der Waals surface area contributed by atoms with Gasteiger partial charge in [0.15, 0.2) is 23.0 Å². The van der Waals surface area contributed by atoms with E-state index < -0.39 is 0 Å². The average molecular weight is 343 g/mol. The number of rotatable bonds is 7. The Hall–Kier alpha value is -3.15. The van der Waals surface area contributed by atoms with Crippen molar-refractivity contribution in [3.8, 4) is 23.0 Å². The molecule has 0 heterocycles. The molecule has 0 radical (unpaired) electrons. The Morgan fingerprint density at radius 2 is 1.68 bits per heavy atom. The van der Waals surface area contributed by atoms with Gasteiger partial charge in [0.05, 0.1) is 14.2 Å². The SMILES string of the molecule is COc1cc(/C=C\C(=O)NCCc2ccc(O)c(OC)c2)ccc1O. The molecule has 0 atom stereocenters. The minimum absolute atomic E-state index is 0.0495. The lowest BCUT2D eigenvalue weighted by Crippen LogP contribution is -2.23. The molecule has 6 nitrogen and oxygen atoms in total. The summed E-state index contributed by atoms with van der Waals surface area (Å²) in [7, 11) is 2.96. The molecule has 0 bridgehead atoms. The van der Waals surface area contributed by atoms with Crippen molar-refractivity contribution in [2.75, 3.05) is 20.8 Å². The van der Waals surface area contributed by atoms with Gasteiger partial charge in [-0.3, -0.25) is 4.79 Å². The van der Waals surface area contributed by atoms with Crippen LogP contribution in [0.15, 0.2) is 42.5 Å². The molecule has 0 unspecified atom stereocenters. The van der Waals surface area contributed by atoms with Crippen LogP contribution >= 0.6 is 0 Å². The Kier molecular flexibility index (Phi) is 6.28. The molecule has 3 N–H and O–H groups in total. The maximum absolute atomic E-state index is 11.9. The van der Waals surface area contributed by atoms with E-state index >= 15 is 0 Å². The molecule has 0 aliphatic heterocycles. The highest BCUT2D eigenvalue weighted by molar-refractivity contribution is 5.91. The Morgan fingerprint density at radius 1 is 1.04 bits per heavy atom. The molecular weight excluding hydrogens is 322 g/mol. The first-order valence-corrected chi connectivity index (χ1v) is 7.72. The largest absolute Gasteiger partial charge is 0.504 e. The average Bonchev–Trinajstić information content (AvgIpc) is 2.62. The first-order chi connectivity index (χ1) is 12.0. The van der Waals surface area contributed by atoms with E-state index in [1.807, 2.05) is 0 Å². The number of methoxy groups -OCH3 is 2. The molecule has 2 aromatic carbocycles. The number of carbonyl (C=O) groups is 1. The molecule has 2 rings (SSSR count). The molecule has 0 spiro atoms. The Labute approximate surface area is 146 Å². The number of hydrogen-bond donors (Lipinski definition) is 3. The van der Waals surface area contributed by atoms with Crippen LogP contribution in [-0.2, 0) is 11.2 Å². The minimum atomic E-state index is -0.224. The molecule has 25 heavy (non-hydrogen) atoms. The minimum Gasteiger partial charge on any atom is -0.504 e. The third-order valence-corrected chi connectivity index (χ3v) is 3.59. The molecule has 2 aromatic rings. The van der Waals surface area contributed by atoms with Gasteiger partial charge >= 0.3 is 0 Å². The van der Waals surface area contributed by atoms with Crippen LogP contribution in [-0.4, -0.2) is 36.9 Å². The van der Waals surface area contributed by atoms with Gasteiger partial charge in [0.2, 0.25) is 5.91 Å². The molecule has 0 aliphatic carbocycles. The second-order valence-electron chi connectivity index (χ2n) is 5.31. The van der Waals surface area contributed by atoms with Crippen LogP contribution in [0.2, 0.25) is 0 Å². The Balaban J connectivity index is 1.86. The van der Waals surface area contributed by atoms with E-state index in [4.69, 9.17) is 9.47 Å². The van der Waals surface area contributed by atoms with E-state index in [0.717, 1.165) is 11.1 Å². The molecule has 0 saturated carbocycles. The lowest BCUT2D eigenvalue weighted by atomic mass is 10.1. The summed E-state index contributed by atoms with van der Waals surface area (Å²) >= 11 is 0. The summed E-state index contributed by atoms with van der Waals surface area (Å²) in [6.07, 6.45) is 3.67. The van der Waals surface area contributed by atoms with Gasteiger partial charge in [0.1, 0.15) is 0 Å². The van der Waals surface area contributed by atoms with Gasteiger partial charge in [-0.1, -0.05) is 12.1 Å². The number of carbonyl (C=O) groups excluding carboxylic acids is 1. The van der Waals surface area contributed by atoms with Gasteiger partial charge in [-0.2, -0.15) is 0 Å². The fraction of sp³-hybridized carbons (Fsp3) is 0.211. The summed E-state index contributed by atoms with van der Waals surface area (Å²) in [6, 6.07) is 9.91. The third-order valence-electron chi connectivity index (χ3n) is 3.59. The van der Waals surface area contributed by atoms with Gasteiger partial charge in [0.25, 0.3) is 0 Å². The fourth-order valence-electron chi connectivity index (χ4n) is 2.24. The summed E-state index contributed by atoms with van der Waals surface area (Å²) in [5.74, 6) is 0.669. The van der Waals surface area contributed by atoms with Crippen LogP contribution in [0.5, 0.6) is 23.0 Å². The number of ether oxygens (including phenoxy) is 2. The summed E-state index contributed by atoms with van der Waals surface area (Å²) in [6.45, 7) is 0.454. The molecule has 132 valence electrons. The number of nitrogens with one attached hydrogen (secondary N) is 1. The molecular formula is C19H21NO5. The van der Waals surface area contributed by atoms with Crippen molar-refractivity contribution < 1.29 is 24.5 Å². The first-order valence-electron chi connectivity index (χ1n) is 7.72. The normalized spacial score (nSPS) is 10.6. The predicted octanol–water partition coefficient (Wildman–Crippen LogP) is 2.49. The van der Waals surface area contributed by atoms with E-state index in [0.29, 0.717) is 24.5 Å². The van der Waals surface area contributed by atoms with Gasteiger partial charge < -0.3 is 25.0 Å². The highest BCUT2D eigenvalue weighted by atomic mass is 16.5. The number of benzene rings is 2. The van der Waals surface area contributed by atoms with E-state index in [-0.39, 0.29) is 17.4 Å². The van der Waals surface area contributed by atoms with Crippen LogP contribution < -0.4 is 14.8 Å². The topological polar surface area (TPSA) is 88.0 Å². The van der Waals surface area contributed by atoms with Crippen molar-refractivity contribution in [3.05, 3.63) is 53.6 Å². The number of aromatic hydroxyl groups is 2. The third kappa shape index (κ3) is 5.17. The van der Waals surface area contributed by atoms with Crippen molar-refractivity contribution in [3.63, 3.8) is 0 Å². The summed E-state index contributed by atoms with van der Waals surface area (Å²) < 4.78 is 10.1. The van der Waals surface area contributed by atoms with Crippen molar-refractivity contribution in [1.82, 2.24) is 5.32 Å². The van der Waals surface area contributed by atoms with Crippen molar-refractivity contribution in [2.24, 2.45) is 0 Å². The van der Waals surface area contributed by atoms with Gasteiger partial charge in [-0.15, -0.1) is 0 Å². The highest BCUT2D eigenvalue weighted by Crippen LogP contribution is 2.27. The quantitative estimate of drug-likeness (QED) is 0.672. The smallest absolute Gasteiger partial charge is 0.244 e. The van der Waals surface area contributed by atoms with E-state index in [1.54, 1.807) is 36.4 Å². The van der Waals surface area contributed by atoms with Gasteiger partial charge in [0, 0.05) is 12.6 Å². The number of phenolic OH excluding ortho intramolecular Hbond substituents is 2. The molecule has 6 heteroatoms. The van der Waals surface area contributed by atoms with E-state index in [2.05, 4.69) is 5.32 Å². The molecule has 0 saturated heterocycles. The van der Waals surface area contributed by atoms with Crippen LogP contribution in [0.4, 0.5) is 0 Å².